The molecule has 0 aliphatic carbocycles. The van der Waals surface area contributed by atoms with Crippen molar-refractivity contribution in [3.05, 3.63) is 34.9 Å². The molecule has 1 aromatic rings. The lowest BCUT2D eigenvalue weighted by molar-refractivity contribution is 0.168. The van der Waals surface area contributed by atoms with Crippen LogP contribution in [0.5, 0.6) is 0 Å². The minimum Gasteiger partial charge on any atom is -0.312 e. The molecule has 1 N–H and O–H groups in total. The zero-order chi connectivity index (χ0) is 14.4. The van der Waals surface area contributed by atoms with Gasteiger partial charge in [0.25, 0.3) is 0 Å². The molecular formula is C17H27ClN2. The maximum atomic E-state index is 5.92. The van der Waals surface area contributed by atoms with Crippen LogP contribution in [0.2, 0.25) is 5.02 Å². The SMILES string of the molecule is CC(Cc1ccc(Cl)cc1)NCC(C)N1CCCCC1. The van der Waals surface area contributed by atoms with Crippen LogP contribution in [0.25, 0.3) is 0 Å². The molecule has 1 saturated heterocycles. The van der Waals surface area contributed by atoms with E-state index in [0.29, 0.717) is 12.1 Å². The molecule has 20 heavy (non-hydrogen) atoms. The van der Waals surface area contributed by atoms with Crippen molar-refractivity contribution in [3.8, 4) is 0 Å². The minimum atomic E-state index is 0.503. The first-order chi connectivity index (χ1) is 9.65. The molecule has 2 nitrogen and oxygen atoms in total. The molecular weight excluding hydrogens is 268 g/mol. The Morgan fingerprint density at radius 1 is 1.10 bits per heavy atom. The summed E-state index contributed by atoms with van der Waals surface area (Å²) in [5.74, 6) is 0. The lowest BCUT2D eigenvalue weighted by Gasteiger charge is -2.33. The summed E-state index contributed by atoms with van der Waals surface area (Å²) < 4.78 is 0. The van der Waals surface area contributed by atoms with Gasteiger partial charge in [-0.1, -0.05) is 30.2 Å². The van der Waals surface area contributed by atoms with Crippen molar-refractivity contribution < 1.29 is 0 Å². The molecule has 3 heteroatoms. The smallest absolute Gasteiger partial charge is 0.0406 e. The first-order valence-electron chi connectivity index (χ1n) is 7.87. The average molecular weight is 295 g/mol. The van der Waals surface area contributed by atoms with Crippen LogP contribution < -0.4 is 5.32 Å². The summed E-state index contributed by atoms with van der Waals surface area (Å²) in [6.45, 7) is 8.22. The largest absolute Gasteiger partial charge is 0.312 e. The molecule has 2 atom stereocenters. The Balaban J connectivity index is 1.71. The van der Waals surface area contributed by atoms with Crippen molar-refractivity contribution in [3.63, 3.8) is 0 Å². The molecule has 0 spiro atoms. The maximum absolute atomic E-state index is 5.92. The van der Waals surface area contributed by atoms with Gasteiger partial charge < -0.3 is 5.32 Å². The van der Waals surface area contributed by atoms with Crippen molar-refractivity contribution >= 4 is 11.6 Å². The molecule has 1 aliphatic heterocycles. The molecule has 112 valence electrons. The van der Waals surface area contributed by atoms with Crippen LogP contribution in [0.15, 0.2) is 24.3 Å². The van der Waals surface area contributed by atoms with Crippen molar-refractivity contribution in [2.75, 3.05) is 19.6 Å². The molecule has 1 aromatic carbocycles. The lowest BCUT2D eigenvalue weighted by atomic mass is 10.1. The van der Waals surface area contributed by atoms with Crippen LogP contribution in [0, 0.1) is 0 Å². The van der Waals surface area contributed by atoms with Crippen LogP contribution >= 0.6 is 11.6 Å². The van der Waals surface area contributed by atoms with Crippen molar-refractivity contribution in [1.82, 2.24) is 10.2 Å². The molecule has 2 unspecified atom stereocenters. The zero-order valence-electron chi connectivity index (χ0n) is 12.7. The molecule has 0 saturated carbocycles. The van der Waals surface area contributed by atoms with E-state index in [4.69, 9.17) is 11.6 Å². The number of nitrogens with one attached hydrogen (secondary N) is 1. The summed E-state index contributed by atoms with van der Waals surface area (Å²) in [7, 11) is 0. The quantitative estimate of drug-likeness (QED) is 0.860. The molecule has 0 radical (unpaired) electrons. The van der Waals surface area contributed by atoms with E-state index in [1.807, 2.05) is 12.1 Å². The predicted molar refractivity (Wildman–Crippen MR) is 87.5 cm³/mol. The lowest BCUT2D eigenvalue weighted by Crippen LogP contribution is -2.45. The van der Waals surface area contributed by atoms with Gasteiger partial charge in [0, 0.05) is 23.7 Å². The molecule has 0 amide bonds. The fourth-order valence-corrected chi connectivity index (χ4v) is 3.03. The Hall–Kier alpha value is -0.570. The van der Waals surface area contributed by atoms with E-state index in [1.54, 1.807) is 0 Å². The number of hydrogen-bond acceptors (Lipinski definition) is 2. The van der Waals surface area contributed by atoms with E-state index in [2.05, 4.69) is 36.2 Å². The third kappa shape index (κ3) is 5.08. The van der Waals surface area contributed by atoms with Crippen LogP contribution in [0.1, 0.15) is 38.7 Å². The van der Waals surface area contributed by atoms with Crippen LogP contribution in [0.3, 0.4) is 0 Å². The van der Waals surface area contributed by atoms with Crippen LogP contribution in [-0.2, 0) is 6.42 Å². The maximum Gasteiger partial charge on any atom is 0.0406 e. The van der Waals surface area contributed by atoms with Gasteiger partial charge in [-0.25, -0.2) is 0 Å². The number of halogens is 1. The molecule has 2 rings (SSSR count). The highest BCUT2D eigenvalue weighted by Gasteiger charge is 2.16. The minimum absolute atomic E-state index is 0.503. The molecule has 1 fully saturated rings. The van der Waals surface area contributed by atoms with Gasteiger partial charge in [-0.05, 0) is 63.9 Å². The first kappa shape index (κ1) is 15.8. The van der Waals surface area contributed by atoms with Gasteiger partial charge in [0.15, 0.2) is 0 Å². The summed E-state index contributed by atoms with van der Waals surface area (Å²) in [5.41, 5.74) is 1.35. The highest BCUT2D eigenvalue weighted by Crippen LogP contribution is 2.13. The van der Waals surface area contributed by atoms with Gasteiger partial charge in [0.05, 0.1) is 0 Å². The number of piperidine rings is 1. The highest BCUT2D eigenvalue weighted by atomic mass is 35.5. The van der Waals surface area contributed by atoms with Crippen LogP contribution in [0.4, 0.5) is 0 Å². The van der Waals surface area contributed by atoms with Gasteiger partial charge in [0.2, 0.25) is 0 Å². The number of nitrogens with zero attached hydrogens (tertiary/aromatic N) is 1. The normalized spacial score (nSPS) is 19.8. The Bertz CT molecular complexity index is 384. The predicted octanol–water partition coefficient (Wildman–Crippen LogP) is 3.74. The van der Waals surface area contributed by atoms with Crippen LogP contribution in [-0.4, -0.2) is 36.6 Å². The van der Waals surface area contributed by atoms with Gasteiger partial charge >= 0.3 is 0 Å². The monoisotopic (exact) mass is 294 g/mol. The third-order valence-electron chi connectivity index (χ3n) is 4.23. The van der Waals surface area contributed by atoms with Gasteiger partial charge in [-0.2, -0.15) is 0 Å². The van der Waals surface area contributed by atoms with Crippen molar-refractivity contribution in [2.45, 2.75) is 51.6 Å². The molecule has 1 heterocycles. The van der Waals surface area contributed by atoms with E-state index >= 15 is 0 Å². The Morgan fingerprint density at radius 2 is 1.75 bits per heavy atom. The molecule has 0 bridgehead atoms. The van der Waals surface area contributed by atoms with Crippen molar-refractivity contribution in [2.24, 2.45) is 0 Å². The number of hydrogen-bond donors (Lipinski definition) is 1. The van der Waals surface area contributed by atoms with Crippen molar-refractivity contribution in [1.29, 1.82) is 0 Å². The van der Waals surface area contributed by atoms with Gasteiger partial charge in [-0.3, -0.25) is 4.90 Å². The van der Waals surface area contributed by atoms with E-state index in [-0.39, 0.29) is 0 Å². The number of benzene rings is 1. The zero-order valence-corrected chi connectivity index (χ0v) is 13.5. The van der Waals surface area contributed by atoms with Gasteiger partial charge in [-0.15, -0.1) is 0 Å². The summed E-state index contributed by atoms with van der Waals surface area (Å²) >= 11 is 5.92. The second-order valence-corrected chi connectivity index (χ2v) is 6.52. The van der Waals surface area contributed by atoms with E-state index in [9.17, 15) is 0 Å². The second kappa shape index (κ2) is 8.02. The van der Waals surface area contributed by atoms with E-state index in [0.717, 1.165) is 18.0 Å². The Morgan fingerprint density at radius 3 is 2.40 bits per heavy atom. The Kier molecular flexibility index (Phi) is 6.34. The summed E-state index contributed by atoms with van der Waals surface area (Å²) in [6.07, 6.45) is 5.20. The fourth-order valence-electron chi connectivity index (χ4n) is 2.91. The number of rotatable bonds is 6. The van der Waals surface area contributed by atoms with E-state index < -0.39 is 0 Å². The summed E-state index contributed by atoms with van der Waals surface area (Å²) in [6, 6.07) is 9.33. The fraction of sp³-hybridized carbons (Fsp3) is 0.647. The topological polar surface area (TPSA) is 15.3 Å². The molecule has 1 aliphatic rings. The number of likely N-dealkylation sites (tertiary alicyclic amines) is 1. The summed E-state index contributed by atoms with van der Waals surface area (Å²) in [4.78, 5) is 2.62. The average Bonchev–Trinajstić information content (AvgIpc) is 2.48. The summed E-state index contributed by atoms with van der Waals surface area (Å²) in [5, 5.41) is 4.48. The molecule has 0 aromatic heterocycles. The van der Waals surface area contributed by atoms with Gasteiger partial charge in [0.1, 0.15) is 0 Å². The standard InChI is InChI=1S/C17H27ClN2/c1-14(12-16-6-8-17(18)9-7-16)19-13-15(2)20-10-4-3-5-11-20/h6-9,14-15,19H,3-5,10-13H2,1-2H3. The Labute approximate surface area is 128 Å². The second-order valence-electron chi connectivity index (χ2n) is 6.09. The third-order valence-corrected chi connectivity index (χ3v) is 4.48. The first-order valence-corrected chi connectivity index (χ1v) is 8.25. The highest BCUT2D eigenvalue weighted by molar-refractivity contribution is 6.30. The van der Waals surface area contributed by atoms with E-state index in [1.165, 1.54) is 37.9 Å².